The summed E-state index contributed by atoms with van der Waals surface area (Å²) in [6, 6.07) is 0. The molecule has 0 atom stereocenters. The van der Waals surface area contributed by atoms with Gasteiger partial charge >= 0.3 is 51.4 Å². The molecule has 0 N–H and O–H groups in total. The van der Waals surface area contributed by atoms with Crippen LogP contribution in [-0.2, 0) is 0 Å². The molecule has 0 aromatic heterocycles. The largest absolute Gasteiger partial charge is 1.00 e. The Morgan fingerprint density at radius 3 is 2.00 bits per heavy atom. The summed E-state index contributed by atoms with van der Waals surface area (Å²) >= 11 is 3.68. The van der Waals surface area contributed by atoms with Crippen molar-refractivity contribution in [1.82, 2.24) is 0 Å². The summed E-state index contributed by atoms with van der Waals surface area (Å²) in [6.45, 7) is 5.09. The minimum Gasteiger partial charge on any atom is -0.609 e. The summed E-state index contributed by atoms with van der Waals surface area (Å²) in [6.07, 6.45) is 0. The topological polar surface area (TPSA) is 14.1 Å². The molecule has 3 heteroatoms. The van der Waals surface area contributed by atoms with Gasteiger partial charge in [0.1, 0.15) is 0 Å². The van der Waals surface area contributed by atoms with Crippen LogP contribution in [0.2, 0.25) is 0 Å². The summed E-state index contributed by atoms with van der Waals surface area (Å²) in [5.74, 6) is 0.655. The summed E-state index contributed by atoms with van der Waals surface area (Å²) < 4.78 is 3.63. The van der Waals surface area contributed by atoms with Crippen LogP contribution in [0.1, 0.15) is 13.8 Å². The second-order valence-corrected chi connectivity index (χ2v) is 2.00. The van der Waals surface area contributed by atoms with Crippen molar-refractivity contribution < 1.29 is 51.4 Å². The molecule has 38 valence electrons. The first-order valence-electron chi connectivity index (χ1n) is 2.08. The van der Waals surface area contributed by atoms with Gasteiger partial charge in [-0.3, -0.25) is 0 Å². The molecule has 0 radical (unpaired) electrons. The van der Waals surface area contributed by atoms with Crippen molar-refractivity contribution in [2.24, 2.45) is 5.92 Å². The van der Waals surface area contributed by atoms with E-state index in [0.29, 0.717) is 5.92 Å². The van der Waals surface area contributed by atoms with E-state index in [1.807, 2.05) is 0 Å². The maximum Gasteiger partial charge on any atom is 1.00 e. The fraction of sp³-hybridized carbons (Fsp3) is 1.00. The maximum absolute atomic E-state index is 3.68. The second kappa shape index (κ2) is 7.95. The van der Waals surface area contributed by atoms with Crippen molar-refractivity contribution >= 4 is 12.8 Å². The molecule has 0 aliphatic carbocycles. The van der Waals surface area contributed by atoms with E-state index in [1.54, 1.807) is 0 Å². The van der Waals surface area contributed by atoms with E-state index >= 15 is 0 Å². The predicted octanol–water partition coefficient (Wildman–Crippen LogP) is -1.14. The standard InChI is InChI=1S/C4H10NS.K/c1-4(2)3-5-6;/h4,6H,3H2,1-2H3;/q-1;+1. The van der Waals surface area contributed by atoms with Crippen molar-refractivity contribution in [2.75, 3.05) is 6.54 Å². The van der Waals surface area contributed by atoms with Crippen LogP contribution in [0.15, 0.2) is 0 Å². The molecule has 0 saturated carbocycles. The molecule has 1 nitrogen and oxygen atoms in total. The molecular formula is C4H10KNS. The van der Waals surface area contributed by atoms with E-state index in [2.05, 4.69) is 31.4 Å². The molecule has 0 fully saturated rings. The molecule has 0 spiro atoms. The molecule has 0 aliphatic rings. The number of hydrogen-bond donors (Lipinski definition) is 1. The fourth-order valence-electron chi connectivity index (χ4n) is 0.163. The zero-order valence-electron chi connectivity index (χ0n) is 5.18. The van der Waals surface area contributed by atoms with Crippen LogP contribution >= 0.6 is 12.8 Å². The fourth-order valence-corrected chi connectivity index (χ4v) is 0.490. The third-order valence-corrected chi connectivity index (χ3v) is 0.610. The average molecular weight is 143 g/mol. The van der Waals surface area contributed by atoms with Gasteiger partial charge < -0.3 is 17.5 Å². The quantitative estimate of drug-likeness (QED) is 0.371. The van der Waals surface area contributed by atoms with Crippen LogP contribution in [0.3, 0.4) is 0 Å². The van der Waals surface area contributed by atoms with Crippen LogP contribution < -0.4 is 51.4 Å². The van der Waals surface area contributed by atoms with Crippen molar-refractivity contribution in [1.29, 1.82) is 0 Å². The van der Waals surface area contributed by atoms with Crippen LogP contribution in [0.5, 0.6) is 0 Å². The summed E-state index contributed by atoms with van der Waals surface area (Å²) in [7, 11) is 0. The van der Waals surface area contributed by atoms with Crippen LogP contribution in [-0.4, -0.2) is 6.54 Å². The molecule has 0 amide bonds. The molecule has 0 aliphatic heterocycles. The minimum atomic E-state index is 0. The van der Waals surface area contributed by atoms with Crippen molar-refractivity contribution in [3.63, 3.8) is 0 Å². The van der Waals surface area contributed by atoms with Crippen LogP contribution in [0, 0.1) is 5.92 Å². The van der Waals surface area contributed by atoms with Gasteiger partial charge in [0.15, 0.2) is 0 Å². The molecule has 0 heterocycles. The number of thiol groups is 1. The molecule has 0 aromatic carbocycles. The normalized spacial score (nSPS) is 8.57. The van der Waals surface area contributed by atoms with Gasteiger partial charge in [0.05, 0.1) is 0 Å². The summed E-state index contributed by atoms with van der Waals surface area (Å²) in [4.78, 5) is 0. The van der Waals surface area contributed by atoms with Gasteiger partial charge in [0.2, 0.25) is 0 Å². The first kappa shape index (κ1) is 11.7. The number of hydrogen-bond acceptors (Lipinski definition) is 1. The van der Waals surface area contributed by atoms with Crippen molar-refractivity contribution in [2.45, 2.75) is 13.8 Å². The Hall–Kier alpha value is 1.95. The van der Waals surface area contributed by atoms with Crippen LogP contribution in [0.25, 0.3) is 4.72 Å². The Morgan fingerprint density at radius 1 is 1.57 bits per heavy atom. The van der Waals surface area contributed by atoms with Gasteiger partial charge in [-0.2, -0.15) is 0 Å². The van der Waals surface area contributed by atoms with E-state index in [9.17, 15) is 0 Å². The zero-order chi connectivity index (χ0) is 4.99. The van der Waals surface area contributed by atoms with Crippen LogP contribution in [0.4, 0.5) is 0 Å². The molecule has 0 rings (SSSR count). The Labute approximate surface area is 93.6 Å². The predicted molar refractivity (Wildman–Crippen MR) is 32.0 cm³/mol. The SMILES string of the molecule is CC(C)C[N-]S.[K+]. The molecule has 0 saturated heterocycles. The van der Waals surface area contributed by atoms with E-state index in [1.165, 1.54) is 0 Å². The molecule has 0 aromatic rings. The van der Waals surface area contributed by atoms with Crippen molar-refractivity contribution in [3.8, 4) is 0 Å². The molecular weight excluding hydrogens is 133 g/mol. The molecule has 0 bridgehead atoms. The van der Waals surface area contributed by atoms with Gasteiger partial charge in [0, 0.05) is 0 Å². The van der Waals surface area contributed by atoms with E-state index < -0.39 is 0 Å². The van der Waals surface area contributed by atoms with Gasteiger partial charge in [-0.25, -0.2) is 0 Å². The van der Waals surface area contributed by atoms with Gasteiger partial charge in [0.25, 0.3) is 0 Å². The molecule has 0 unspecified atom stereocenters. The van der Waals surface area contributed by atoms with Crippen molar-refractivity contribution in [3.05, 3.63) is 4.72 Å². The first-order valence-corrected chi connectivity index (χ1v) is 2.48. The molecule has 7 heavy (non-hydrogen) atoms. The number of nitrogens with zero attached hydrogens (tertiary/aromatic N) is 1. The van der Waals surface area contributed by atoms with Gasteiger partial charge in [-0.05, 0) is 0 Å². The maximum atomic E-state index is 3.68. The summed E-state index contributed by atoms with van der Waals surface area (Å²) in [5.41, 5.74) is 0. The second-order valence-electron chi connectivity index (χ2n) is 1.72. The Bertz CT molecular complexity index is 32.9. The Balaban J connectivity index is 0. The van der Waals surface area contributed by atoms with Gasteiger partial charge in [-0.15, -0.1) is 6.54 Å². The smallest absolute Gasteiger partial charge is 0.609 e. The zero-order valence-corrected chi connectivity index (χ0v) is 9.20. The van der Waals surface area contributed by atoms with E-state index in [0.717, 1.165) is 6.54 Å². The summed E-state index contributed by atoms with van der Waals surface area (Å²) in [5, 5.41) is 0. The third-order valence-electron chi connectivity index (χ3n) is 0.447. The average Bonchev–Trinajstić information content (AvgIpc) is 1.35. The number of rotatable bonds is 2. The van der Waals surface area contributed by atoms with E-state index in [-0.39, 0.29) is 51.4 Å². The first-order chi connectivity index (χ1) is 2.77. The third kappa shape index (κ3) is 11.5. The monoisotopic (exact) mass is 143 g/mol. The van der Waals surface area contributed by atoms with E-state index in [4.69, 9.17) is 0 Å². The Kier molecular flexibility index (Phi) is 13.3. The Morgan fingerprint density at radius 2 is 2.00 bits per heavy atom. The van der Waals surface area contributed by atoms with Gasteiger partial charge in [-0.1, -0.05) is 19.8 Å². The minimum absolute atomic E-state index is 0.